The monoisotopic (exact) mass is 434 g/mol. The Balaban J connectivity index is 1.78. The Bertz CT molecular complexity index is 1290. The van der Waals surface area contributed by atoms with Crippen molar-refractivity contribution in [1.82, 2.24) is 9.47 Å². The average Bonchev–Trinajstić information content (AvgIpc) is 3.44. The maximum absolute atomic E-state index is 13.8. The summed E-state index contributed by atoms with van der Waals surface area (Å²) in [6, 6.07) is 8.90. The minimum Gasteiger partial charge on any atom is -0.497 e. The first-order valence-electron chi connectivity index (χ1n) is 10.9. The molecule has 32 heavy (non-hydrogen) atoms. The molecule has 2 heterocycles. The first-order valence-corrected chi connectivity index (χ1v) is 10.9. The van der Waals surface area contributed by atoms with Crippen LogP contribution in [0.25, 0.3) is 22.0 Å². The number of hydrogen-bond donors (Lipinski definition) is 0. The van der Waals surface area contributed by atoms with Crippen molar-refractivity contribution in [2.75, 3.05) is 41.0 Å². The van der Waals surface area contributed by atoms with E-state index in [2.05, 4.69) is 4.90 Å². The summed E-state index contributed by atoms with van der Waals surface area (Å²) in [4.78, 5) is 29.6. The molecule has 0 spiro atoms. The Morgan fingerprint density at radius 1 is 0.812 bits per heavy atom. The number of carbonyl (C=O) groups excluding carboxylic acids is 1. The molecule has 0 amide bonds. The van der Waals surface area contributed by atoms with Crippen molar-refractivity contribution in [2.45, 2.75) is 19.4 Å². The summed E-state index contributed by atoms with van der Waals surface area (Å²) in [5.41, 5.74) is 2.54. The van der Waals surface area contributed by atoms with Gasteiger partial charge < -0.3 is 23.7 Å². The van der Waals surface area contributed by atoms with Crippen molar-refractivity contribution in [3.8, 4) is 28.4 Å². The molecule has 1 aliphatic carbocycles. The van der Waals surface area contributed by atoms with Crippen molar-refractivity contribution in [3.63, 3.8) is 0 Å². The number of nitrogens with zero attached hydrogens (tertiary/aromatic N) is 2. The van der Waals surface area contributed by atoms with Crippen molar-refractivity contribution in [1.29, 1.82) is 0 Å². The van der Waals surface area contributed by atoms with Crippen LogP contribution < -0.4 is 19.8 Å². The number of likely N-dealkylation sites (tertiary alicyclic amines) is 1. The van der Waals surface area contributed by atoms with Crippen LogP contribution in [0.4, 0.5) is 0 Å². The van der Waals surface area contributed by atoms with Crippen LogP contribution >= 0.6 is 0 Å². The van der Waals surface area contributed by atoms with Gasteiger partial charge in [0, 0.05) is 35.7 Å². The van der Waals surface area contributed by atoms with E-state index in [1.165, 1.54) is 12.8 Å². The molecule has 1 saturated heterocycles. The van der Waals surface area contributed by atoms with Crippen molar-refractivity contribution < 1.29 is 19.0 Å². The van der Waals surface area contributed by atoms with Gasteiger partial charge in [-0.05, 0) is 55.8 Å². The summed E-state index contributed by atoms with van der Waals surface area (Å²) in [6.45, 7) is 3.43. The summed E-state index contributed by atoms with van der Waals surface area (Å²) in [7, 11) is 4.69. The minimum absolute atomic E-state index is 0.156. The Morgan fingerprint density at radius 2 is 1.53 bits per heavy atom. The van der Waals surface area contributed by atoms with Crippen molar-refractivity contribution >= 4 is 16.7 Å². The van der Waals surface area contributed by atoms with Gasteiger partial charge in [0.25, 0.3) is 5.56 Å². The maximum atomic E-state index is 13.8. The fourth-order valence-electron chi connectivity index (χ4n) is 4.92. The second-order valence-electron chi connectivity index (χ2n) is 8.22. The number of carbonyl (C=O) groups is 1. The molecule has 166 valence electrons. The molecule has 0 bridgehead atoms. The molecule has 0 N–H and O–H groups in total. The Morgan fingerprint density at radius 3 is 2.22 bits per heavy atom. The maximum Gasteiger partial charge on any atom is 0.259 e. The summed E-state index contributed by atoms with van der Waals surface area (Å²) in [6.07, 6.45) is 2.38. The molecule has 0 saturated carbocycles. The Kier molecular flexibility index (Phi) is 5.13. The van der Waals surface area contributed by atoms with Crippen LogP contribution in [0.2, 0.25) is 0 Å². The molecule has 2 aromatic carbocycles. The van der Waals surface area contributed by atoms with Gasteiger partial charge in [-0.25, -0.2) is 0 Å². The number of ether oxygens (including phenoxy) is 3. The molecule has 0 atom stereocenters. The lowest BCUT2D eigenvalue weighted by Crippen LogP contribution is -2.30. The van der Waals surface area contributed by atoms with Crippen molar-refractivity contribution in [3.05, 3.63) is 51.8 Å². The zero-order valence-electron chi connectivity index (χ0n) is 18.6. The smallest absolute Gasteiger partial charge is 0.259 e. The second-order valence-corrected chi connectivity index (χ2v) is 8.22. The minimum atomic E-state index is -0.171. The number of aromatic nitrogens is 1. The van der Waals surface area contributed by atoms with Gasteiger partial charge in [-0.3, -0.25) is 9.59 Å². The number of pyridine rings is 1. The number of benzene rings is 2. The molecule has 7 nitrogen and oxygen atoms in total. The largest absolute Gasteiger partial charge is 0.497 e. The highest BCUT2D eigenvalue weighted by atomic mass is 16.5. The first kappa shape index (κ1) is 20.6. The van der Waals surface area contributed by atoms with Gasteiger partial charge in [0.05, 0.1) is 32.4 Å². The van der Waals surface area contributed by atoms with Crippen LogP contribution in [0.15, 0.2) is 35.1 Å². The summed E-state index contributed by atoms with van der Waals surface area (Å²) in [5.74, 6) is 1.46. The van der Waals surface area contributed by atoms with E-state index in [4.69, 9.17) is 14.2 Å². The van der Waals surface area contributed by atoms with Gasteiger partial charge in [0.1, 0.15) is 5.75 Å². The molecule has 3 aromatic rings. The zero-order chi connectivity index (χ0) is 22.4. The Hall–Kier alpha value is -3.32. The quantitative estimate of drug-likeness (QED) is 0.464. The third kappa shape index (κ3) is 3.07. The standard InChI is InChI=1S/C25H26N2O5/c1-30-15-6-7-16-17(12-15)24(28)22-18-13-20(31-2)21(32-3)14-19(18)27(25(29)23(16)22)11-10-26-8-4-5-9-26/h6-7,12-14H,4-5,8-11H2,1-3H3. The normalized spacial score (nSPS) is 15.2. The van der Waals surface area contributed by atoms with Gasteiger partial charge in [0.2, 0.25) is 0 Å². The highest BCUT2D eigenvalue weighted by molar-refractivity contribution is 6.27. The number of ketones is 1. The molecule has 0 radical (unpaired) electrons. The summed E-state index contributed by atoms with van der Waals surface area (Å²) >= 11 is 0. The van der Waals surface area contributed by atoms with E-state index in [0.717, 1.165) is 19.6 Å². The first-order chi connectivity index (χ1) is 15.6. The van der Waals surface area contributed by atoms with Crippen LogP contribution in [0, 0.1) is 0 Å². The van der Waals surface area contributed by atoms with Crippen LogP contribution in [0.5, 0.6) is 17.2 Å². The lowest BCUT2D eigenvalue weighted by Gasteiger charge is -2.19. The summed E-state index contributed by atoms with van der Waals surface area (Å²) in [5, 5.41) is 0.693. The van der Waals surface area contributed by atoms with E-state index in [1.54, 1.807) is 56.2 Å². The molecule has 2 aliphatic rings. The number of rotatable bonds is 6. The van der Waals surface area contributed by atoms with Gasteiger partial charge in [0.15, 0.2) is 17.3 Å². The molecule has 5 rings (SSSR count). The SMILES string of the molecule is COc1ccc2c(c1)C(=O)c1c-2c(=O)n(CCN2CCCC2)c2cc(OC)c(OC)cc12. The highest BCUT2D eigenvalue weighted by Crippen LogP contribution is 2.42. The van der Waals surface area contributed by atoms with Crippen LogP contribution in [0.3, 0.4) is 0 Å². The van der Waals surface area contributed by atoms with E-state index in [0.29, 0.717) is 57.0 Å². The number of hydrogen-bond acceptors (Lipinski definition) is 6. The topological polar surface area (TPSA) is 70.0 Å². The van der Waals surface area contributed by atoms with Crippen LogP contribution in [-0.2, 0) is 6.54 Å². The third-order valence-electron chi connectivity index (χ3n) is 6.58. The average molecular weight is 434 g/mol. The summed E-state index contributed by atoms with van der Waals surface area (Å²) < 4.78 is 18.1. The molecule has 1 aromatic heterocycles. The molecule has 0 unspecified atom stereocenters. The van der Waals surface area contributed by atoms with Crippen LogP contribution in [0.1, 0.15) is 28.8 Å². The van der Waals surface area contributed by atoms with E-state index in [1.807, 2.05) is 0 Å². The van der Waals surface area contributed by atoms with Gasteiger partial charge >= 0.3 is 0 Å². The van der Waals surface area contributed by atoms with E-state index < -0.39 is 0 Å². The highest BCUT2D eigenvalue weighted by Gasteiger charge is 2.34. The van der Waals surface area contributed by atoms with Gasteiger partial charge in [-0.15, -0.1) is 0 Å². The lowest BCUT2D eigenvalue weighted by molar-refractivity contribution is 0.104. The predicted molar refractivity (Wildman–Crippen MR) is 122 cm³/mol. The van der Waals surface area contributed by atoms with Gasteiger partial charge in [-0.2, -0.15) is 0 Å². The van der Waals surface area contributed by atoms with E-state index >= 15 is 0 Å². The van der Waals surface area contributed by atoms with E-state index in [-0.39, 0.29) is 11.3 Å². The Labute approximate surface area is 186 Å². The number of methoxy groups -OCH3 is 3. The molecular weight excluding hydrogens is 408 g/mol. The third-order valence-corrected chi connectivity index (χ3v) is 6.58. The van der Waals surface area contributed by atoms with Gasteiger partial charge in [-0.1, -0.05) is 0 Å². The predicted octanol–water partition coefficient (Wildman–Crippen LogP) is 3.33. The molecule has 1 aliphatic heterocycles. The molecule has 7 heteroatoms. The lowest BCUT2D eigenvalue weighted by atomic mass is 10.0. The second kappa shape index (κ2) is 7.98. The number of fused-ring (bicyclic) bond motifs is 5. The zero-order valence-corrected chi connectivity index (χ0v) is 18.6. The fraction of sp³-hybridized carbons (Fsp3) is 0.360. The molecule has 1 fully saturated rings. The van der Waals surface area contributed by atoms with E-state index in [9.17, 15) is 9.59 Å². The molecular formula is C25H26N2O5. The van der Waals surface area contributed by atoms with Crippen molar-refractivity contribution in [2.24, 2.45) is 0 Å². The van der Waals surface area contributed by atoms with Crippen LogP contribution in [-0.4, -0.2) is 56.2 Å². The fourth-order valence-corrected chi connectivity index (χ4v) is 4.92.